The third kappa shape index (κ3) is 32.3. The topological polar surface area (TPSA) is 87.5 Å². The Balaban J connectivity index is 0. The molecular weight excluding hydrogens is 313 g/mol. The van der Waals surface area contributed by atoms with Crippen LogP contribution in [0.2, 0.25) is 0 Å². The minimum Gasteiger partial charge on any atom is -0.481 e. The van der Waals surface area contributed by atoms with Gasteiger partial charge in [-0.15, -0.1) is 0 Å². The maximum absolute atomic E-state index is 9.00. The van der Waals surface area contributed by atoms with E-state index in [9.17, 15) is 0 Å². The van der Waals surface area contributed by atoms with Crippen LogP contribution in [0, 0.1) is 3.57 Å². The third-order valence-electron chi connectivity index (χ3n) is 0.625. The predicted molar refractivity (Wildman–Crippen MR) is 63.6 cm³/mol. The van der Waals surface area contributed by atoms with Crippen LogP contribution in [0.1, 0.15) is 13.8 Å². The quantitative estimate of drug-likeness (QED) is 0.711. The van der Waals surface area contributed by atoms with Crippen molar-refractivity contribution in [3.8, 4) is 0 Å². The molecule has 0 spiro atoms. The first-order valence-electron chi connectivity index (χ1n) is 3.80. The molecule has 0 aliphatic carbocycles. The standard InChI is InChI=1S/C5H4IN.2C2H4O2/c6-5-2-1-3-7-4-5;2*1-2(3)4/h1-4H;2*1H3,(H,3,4). The summed E-state index contributed by atoms with van der Waals surface area (Å²) in [6, 6.07) is 3.93. The average Bonchev–Trinajstić information content (AvgIpc) is 2.03. The average molecular weight is 325 g/mol. The zero-order valence-electron chi connectivity index (χ0n) is 8.35. The van der Waals surface area contributed by atoms with Crippen molar-refractivity contribution in [2.24, 2.45) is 0 Å². The van der Waals surface area contributed by atoms with Crippen LogP contribution < -0.4 is 0 Å². The highest BCUT2D eigenvalue weighted by atomic mass is 127. The van der Waals surface area contributed by atoms with Crippen molar-refractivity contribution in [3.63, 3.8) is 0 Å². The summed E-state index contributed by atoms with van der Waals surface area (Å²) in [4.78, 5) is 21.9. The highest BCUT2D eigenvalue weighted by molar-refractivity contribution is 14.1. The van der Waals surface area contributed by atoms with Gasteiger partial charge in [-0.2, -0.15) is 0 Å². The lowest BCUT2D eigenvalue weighted by molar-refractivity contribution is -0.135. The summed E-state index contributed by atoms with van der Waals surface area (Å²) < 4.78 is 1.18. The normalized spacial score (nSPS) is 7.40. The van der Waals surface area contributed by atoms with Crippen LogP contribution >= 0.6 is 22.6 Å². The molecule has 0 atom stereocenters. The molecule has 5 nitrogen and oxygen atoms in total. The Hall–Kier alpha value is -1.18. The molecule has 1 heterocycles. The van der Waals surface area contributed by atoms with Crippen molar-refractivity contribution < 1.29 is 19.8 Å². The molecule has 0 aliphatic rings. The van der Waals surface area contributed by atoms with Crippen molar-refractivity contribution in [1.29, 1.82) is 0 Å². The lowest BCUT2D eigenvalue weighted by Crippen LogP contribution is -1.78. The minimum atomic E-state index is -0.833. The van der Waals surface area contributed by atoms with Gasteiger partial charge in [0.1, 0.15) is 0 Å². The highest BCUT2D eigenvalue weighted by Crippen LogP contribution is 1.97. The monoisotopic (exact) mass is 325 g/mol. The largest absolute Gasteiger partial charge is 0.481 e. The van der Waals surface area contributed by atoms with Crippen LogP contribution in [0.5, 0.6) is 0 Å². The Kier molecular flexibility index (Phi) is 11.8. The van der Waals surface area contributed by atoms with Crippen molar-refractivity contribution in [1.82, 2.24) is 4.98 Å². The first-order valence-corrected chi connectivity index (χ1v) is 4.88. The van der Waals surface area contributed by atoms with Crippen molar-refractivity contribution in [2.45, 2.75) is 13.8 Å². The number of aromatic nitrogens is 1. The van der Waals surface area contributed by atoms with E-state index in [4.69, 9.17) is 19.8 Å². The Bertz CT molecular complexity index is 269. The molecule has 0 saturated heterocycles. The van der Waals surface area contributed by atoms with Gasteiger partial charge in [-0.3, -0.25) is 14.6 Å². The second-order valence-corrected chi connectivity index (χ2v) is 3.45. The van der Waals surface area contributed by atoms with E-state index < -0.39 is 11.9 Å². The zero-order chi connectivity index (χ0) is 12.3. The van der Waals surface area contributed by atoms with Crippen LogP contribution in [-0.4, -0.2) is 27.1 Å². The van der Waals surface area contributed by atoms with Crippen LogP contribution in [0.3, 0.4) is 0 Å². The van der Waals surface area contributed by atoms with Crippen LogP contribution in [0.25, 0.3) is 0 Å². The lowest BCUT2D eigenvalue weighted by Gasteiger charge is -1.80. The second-order valence-electron chi connectivity index (χ2n) is 2.21. The molecule has 15 heavy (non-hydrogen) atoms. The Morgan fingerprint density at radius 1 is 1.27 bits per heavy atom. The number of carbonyl (C=O) groups is 2. The van der Waals surface area contributed by atoms with E-state index >= 15 is 0 Å². The van der Waals surface area contributed by atoms with Crippen molar-refractivity contribution in [2.75, 3.05) is 0 Å². The maximum Gasteiger partial charge on any atom is 0.300 e. The first kappa shape index (κ1) is 16.3. The molecule has 0 saturated carbocycles. The molecule has 0 fully saturated rings. The number of hydrogen-bond donors (Lipinski definition) is 2. The molecule has 0 aromatic carbocycles. The van der Waals surface area contributed by atoms with Gasteiger partial charge in [-0.1, -0.05) is 0 Å². The number of nitrogens with zero attached hydrogens (tertiary/aromatic N) is 1. The van der Waals surface area contributed by atoms with Gasteiger partial charge < -0.3 is 10.2 Å². The summed E-state index contributed by atoms with van der Waals surface area (Å²) in [6.07, 6.45) is 3.59. The number of halogens is 1. The fraction of sp³-hybridized carbons (Fsp3) is 0.222. The Labute approximate surface area is 101 Å². The van der Waals surface area contributed by atoms with Crippen molar-refractivity contribution >= 4 is 34.5 Å². The summed E-state index contributed by atoms with van der Waals surface area (Å²) >= 11 is 2.22. The summed E-state index contributed by atoms with van der Waals surface area (Å²) in [7, 11) is 0. The van der Waals surface area contributed by atoms with E-state index in [1.807, 2.05) is 18.3 Å². The van der Waals surface area contributed by atoms with Crippen LogP contribution in [0.15, 0.2) is 24.5 Å². The van der Waals surface area contributed by atoms with E-state index in [0.29, 0.717) is 0 Å². The van der Waals surface area contributed by atoms with E-state index in [1.54, 1.807) is 6.20 Å². The Morgan fingerprint density at radius 2 is 1.67 bits per heavy atom. The molecule has 2 N–H and O–H groups in total. The smallest absolute Gasteiger partial charge is 0.300 e. The molecule has 1 aromatic heterocycles. The molecule has 0 aliphatic heterocycles. The van der Waals surface area contributed by atoms with Gasteiger partial charge in [0, 0.05) is 29.8 Å². The van der Waals surface area contributed by atoms with Crippen molar-refractivity contribution in [3.05, 3.63) is 28.1 Å². The predicted octanol–water partition coefficient (Wildman–Crippen LogP) is 1.87. The van der Waals surface area contributed by atoms with Gasteiger partial charge in [0.05, 0.1) is 0 Å². The van der Waals surface area contributed by atoms with E-state index in [-0.39, 0.29) is 0 Å². The number of hydrogen-bond acceptors (Lipinski definition) is 3. The van der Waals surface area contributed by atoms with Crippen LogP contribution in [-0.2, 0) is 9.59 Å². The van der Waals surface area contributed by atoms with Crippen LogP contribution in [0.4, 0.5) is 0 Å². The molecular formula is C9H12INO4. The first-order chi connectivity index (χ1) is 6.86. The van der Waals surface area contributed by atoms with Gasteiger partial charge in [0.2, 0.25) is 0 Å². The van der Waals surface area contributed by atoms with Gasteiger partial charge in [0.15, 0.2) is 0 Å². The molecule has 0 amide bonds. The Morgan fingerprint density at radius 3 is 1.80 bits per heavy atom. The van der Waals surface area contributed by atoms with Gasteiger partial charge in [-0.05, 0) is 34.7 Å². The van der Waals surface area contributed by atoms with Gasteiger partial charge in [0.25, 0.3) is 11.9 Å². The maximum atomic E-state index is 9.00. The van der Waals surface area contributed by atoms with Gasteiger partial charge >= 0.3 is 0 Å². The summed E-state index contributed by atoms with van der Waals surface area (Å²) in [5.74, 6) is -1.67. The van der Waals surface area contributed by atoms with Gasteiger partial charge in [-0.25, -0.2) is 0 Å². The molecule has 0 radical (unpaired) electrons. The number of carboxylic acids is 2. The summed E-state index contributed by atoms with van der Waals surface area (Å²) in [5, 5.41) is 14.8. The van der Waals surface area contributed by atoms with E-state index in [1.165, 1.54) is 3.57 Å². The highest BCUT2D eigenvalue weighted by Gasteiger charge is 1.75. The summed E-state index contributed by atoms with van der Waals surface area (Å²) in [5.41, 5.74) is 0. The zero-order valence-corrected chi connectivity index (χ0v) is 10.5. The molecule has 1 aromatic rings. The summed E-state index contributed by atoms with van der Waals surface area (Å²) in [6.45, 7) is 2.17. The van der Waals surface area contributed by atoms with E-state index in [0.717, 1.165) is 13.8 Å². The SMILES string of the molecule is CC(=O)O.CC(=O)O.Ic1cccnc1. The third-order valence-corrected chi connectivity index (χ3v) is 1.26. The molecule has 0 bridgehead atoms. The molecule has 6 heteroatoms. The number of carboxylic acid groups (broad SMARTS) is 2. The number of pyridine rings is 1. The molecule has 84 valence electrons. The van der Waals surface area contributed by atoms with E-state index in [2.05, 4.69) is 27.6 Å². The second kappa shape index (κ2) is 10.9. The fourth-order valence-corrected chi connectivity index (χ4v) is 0.710. The fourth-order valence-electron chi connectivity index (χ4n) is 0.342. The lowest BCUT2D eigenvalue weighted by atomic mass is 10.5. The number of aliphatic carboxylic acids is 2. The minimum absolute atomic E-state index is 0.833. The number of rotatable bonds is 0. The molecule has 1 rings (SSSR count). The molecule has 0 unspecified atom stereocenters.